The summed E-state index contributed by atoms with van der Waals surface area (Å²) in [5.74, 6) is 0.165. The predicted molar refractivity (Wildman–Crippen MR) is 120 cm³/mol. The van der Waals surface area contributed by atoms with Crippen molar-refractivity contribution in [1.29, 1.82) is 0 Å². The molecular formula is C25H23BrFNO3. The van der Waals surface area contributed by atoms with Crippen molar-refractivity contribution in [1.82, 2.24) is 5.32 Å². The zero-order valence-corrected chi connectivity index (χ0v) is 18.5. The zero-order valence-electron chi connectivity index (χ0n) is 16.9. The lowest BCUT2D eigenvalue weighted by Crippen LogP contribution is -2.39. The van der Waals surface area contributed by atoms with Crippen molar-refractivity contribution in [3.63, 3.8) is 0 Å². The van der Waals surface area contributed by atoms with Gasteiger partial charge in [0.15, 0.2) is 0 Å². The minimum Gasteiger partial charge on any atom is -0.488 e. The van der Waals surface area contributed by atoms with Crippen LogP contribution in [-0.2, 0) is 30.8 Å². The lowest BCUT2D eigenvalue weighted by atomic mass is 9.87. The first-order valence-electron chi connectivity index (χ1n) is 10.2. The van der Waals surface area contributed by atoms with E-state index in [1.807, 2.05) is 66.7 Å². The number of carbonyl (C=O) groups excluding carboxylic acids is 1. The molecule has 1 atom stereocenters. The molecule has 0 saturated carbocycles. The van der Waals surface area contributed by atoms with E-state index < -0.39 is 6.09 Å². The Morgan fingerprint density at radius 2 is 1.68 bits per heavy atom. The second kappa shape index (κ2) is 9.96. The average Bonchev–Trinajstić information content (AvgIpc) is 2.81. The fourth-order valence-electron chi connectivity index (χ4n) is 3.71. The maximum atomic E-state index is 15.1. The third-order valence-electron chi connectivity index (χ3n) is 5.35. The SMILES string of the molecule is O=C(N[C@@H]1CCc2cc(OCc3ccccc3)c(Br)c(F)c2C1)OCc1ccccc1. The summed E-state index contributed by atoms with van der Waals surface area (Å²) in [6.07, 6.45) is 1.30. The smallest absolute Gasteiger partial charge is 0.407 e. The molecular weight excluding hydrogens is 461 g/mol. The largest absolute Gasteiger partial charge is 0.488 e. The van der Waals surface area contributed by atoms with E-state index in [-0.39, 0.29) is 18.5 Å². The number of ether oxygens (including phenoxy) is 2. The Labute approximate surface area is 189 Å². The molecule has 3 aromatic carbocycles. The van der Waals surface area contributed by atoms with E-state index in [0.29, 0.717) is 41.7 Å². The number of nitrogens with one attached hydrogen (secondary N) is 1. The predicted octanol–water partition coefficient (Wildman–Crippen LogP) is 5.95. The lowest BCUT2D eigenvalue weighted by Gasteiger charge is -2.27. The highest BCUT2D eigenvalue weighted by Crippen LogP contribution is 2.36. The third kappa shape index (κ3) is 5.44. The van der Waals surface area contributed by atoms with Crippen LogP contribution in [0.2, 0.25) is 0 Å². The van der Waals surface area contributed by atoms with Crippen LogP contribution < -0.4 is 10.1 Å². The topological polar surface area (TPSA) is 47.6 Å². The molecule has 0 aromatic heterocycles. The van der Waals surface area contributed by atoms with Crippen molar-refractivity contribution in [3.05, 3.63) is 99.3 Å². The van der Waals surface area contributed by atoms with Gasteiger partial charge >= 0.3 is 6.09 Å². The van der Waals surface area contributed by atoms with Gasteiger partial charge in [-0.1, -0.05) is 60.7 Å². The van der Waals surface area contributed by atoms with Gasteiger partial charge in [-0.3, -0.25) is 0 Å². The molecule has 4 nitrogen and oxygen atoms in total. The van der Waals surface area contributed by atoms with Crippen molar-refractivity contribution in [2.24, 2.45) is 0 Å². The van der Waals surface area contributed by atoms with Crippen molar-refractivity contribution < 1.29 is 18.7 Å². The van der Waals surface area contributed by atoms with Gasteiger partial charge in [-0.25, -0.2) is 9.18 Å². The monoisotopic (exact) mass is 483 g/mol. The fraction of sp³-hybridized carbons (Fsp3) is 0.240. The molecule has 6 heteroatoms. The molecule has 1 aliphatic carbocycles. The van der Waals surface area contributed by atoms with E-state index in [0.717, 1.165) is 16.7 Å². The molecule has 0 spiro atoms. The van der Waals surface area contributed by atoms with Gasteiger partial charge in [-0.2, -0.15) is 0 Å². The summed E-state index contributed by atoms with van der Waals surface area (Å²) in [6.45, 7) is 0.576. The van der Waals surface area contributed by atoms with Crippen LogP contribution >= 0.6 is 15.9 Å². The summed E-state index contributed by atoms with van der Waals surface area (Å²) < 4.78 is 26.5. The molecule has 160 valence electrons. The van der Waals surface area contributed by atoms with Crippen LogP contribution in [0.25, 0.3) is 0 Å². The highest BCUT2D eigenvalue weighted by atomic mass is 79.9. The number of hydrogen-bond donors (Lipinski definition) is 1. The Morgan fingerprint density at radius 1 is 1.03 bits per heavy atom. The molecule has 0 fully saturated rings. The van der Waals surface area contributed by atoms with E-state index in [1.54, 1.807) is 0 Å². The summed E-state index contributed by atoms with van der Waals surface area (Å²) in [6, 6.07) is 21.0. The van der Waals surface area contributed by atoms with Crippen molar-refractivity contribution in [2.45, 2.75) is 38.5 Å². The van der Waals surface area contributed by atoms with Crippen LogP contribution in [0.1, 0.15) is 28.7 Å². The van der Waals surface area contributed by atoms with E-state index in [1.165, 1.54) is 0 Å². The van der Waals surface area contributed by atoms with Crippen LogP contribution in [0.4, 0.5) is 9.18 Å². The van der Waals surface area contributed by atoms with Crippen molar-refractivity contribution >= 4 is 22.0 Å². The number of alkyl carbamates (subject to hydrolysis) is 1. The molecule has 1 aliphatic rings. The summed E-state index contributed by atoms with van der Waals surface area (Å²) in [7, 11) is 0. The van der Waals surface area contributed by atoms with Gasteiger partial charge in [0.05, 0.1) is 4.47 Å². The molecule has 1 N–H and O–H groups in total. The molecule has 0 aliphatic heterocycles. The maximum Gasteiger partial charge on any atom is 0.407 e. The summed E-state index contributed by atoms with van der Waals surface area (Å²) in [4.78, 5) is 12.2. The molecule has 3 aromatic rings. The number of aryl methyl sites for hydroxylation is 1. The molecule has 0 saturated heterocycles. The van der Waals surface area contributed by atoms with Crippen LogP contribution in [0.15, 0.2) is 71.2 Å². The fourth-order valence-corrected chi connectivity index (χ4v) is 4.18. The first-order valence-corrected chi connectivity index (χ1v) is 11.0. The van der Waals surface area contributed by atoms with Gasteiger partial charge in [-0.15, -0.1) is 0 Å². The van der Waals surface area contributed by atoms with E-state index in [9.17, 15) is 4.79 Å². The summed E-state index contributed by atoms with van der Waals surface area (Å²) in [5, 5.41) is 2.86. The molecule has 0 heterocycles. The van der Waals surface area contributed by atoms with Gasteiger partial charge in [0.1, 0.15) is 24.8 Å². The van der Waals surface area contributed by atoms with Crippen molar-refractivity contribution in [3.8, 4) is 5.75 Å². The minimum atomic E-state index is -0.486. The Morgan fingerprint density at radius 3 is 2.35 bits per heavy atom. The number of amides is 1. The second-order valence-electron chi connectivity index (χ2n) is 7.56. The standard InChI is InChI=1S/C25H23BrFNO3/c26-23-22(30-15-17-7-3-1-4-8-17)13-19-11-12-20(14-21(19)24(23)27)28-25(29)31-16-18-9-5-2-6-10-18/h1-10,13,20H,11-12,14-16H2,(H,28,29)/t20-/m1/s1. The normalized spacial score (nSPS) is 15.1. The Hall–Kier alpha value is -2.86. The molecule has 1 amide bonds. The van der Waals surface area contributed by atoms with E-state index in [2.05, 4.69) is 21.2 Å². The van der Waals surface area contributed by atoms with Crippen LogP contribution in [-0.4, -0.2) is 12.1 Å². The van der Waals surface area contributed by atoms with Crippen LogP contribution in [0, 0.1) is 5.82 Å². The highest BCUT2D eigenvalue weighted by Gasteiger charge is 2.26. The summed E-state index contributed by atoms with van der Waals surface area (Å²) in [5.41, 5.74) is 3.47. The Kier molecular flexibility index (Phi) is 6.87. The maximum absolute atomic E-state index is 15.1. The summed E-state index contributed by atoms with van der Waals surface area (Å²) >= 11 is 3.34. The second-order valence-corrected chi connectivity index (χ2v) is 8.35. The molecule has 4 rings (SSSR count). The van der Waals surface area contributed by atoms with Gasteiger partial charge in [0.25, 0.3) is 0 Å². The minimum absolute atomic E-state index is 0.173. The molecule has 31 heavy (non-hydrogen) atoms. The first-order chi connectivity index (χ1) is 15.1. The van der Waals surface area contributed by atoms with Crippen LogP contribution in [0.5, 0.6) is 5.75 Å². The number of carbonyl (C=O) groups is 1. The zero-order chi connectivity index (χ0) is 21.6. The number of hydrogen-bond acceptors (Lipinski definition) is 3. The number of rotatable bonds is 6. The molecule has 0 radical (unpaired) electrons. The molecule has 0 unspecified atom stereocenters. The Bertz CT molecular complexity index is 1040. The number of fused-ring (bicyclic) bond motifs is 1. The third-order valence-corrected chi connectivity index (χ3v) is 6.09. The molecule has 0 bridgehead atoms. The Balaban J connectivity index is 1.37. The van der Waals surface area contributed by atoms with E-state index in [4.69, 9.17) is 9.47 Å². The van der Waals surface area contributed by atoms with Crippen molar-refractivity contribution in [2.75, 3.05) is 0 Å². The highest BCUT2D eigenvalue weighted by molar-refractivity contribution is 9.10. The average molecular weight is 484 g/mol. The van der Waals surface area contributed by atoms with Gasteiger partial charge in [0, 0.05) is 6.04 Å². The number of halogens is 2. The first kappa shape index (κ1) is 21.4. The van der Waals surface area contributed by atoms with Gasteiger partial charge < -0.3 is 14.8 Å². The number of benzene rings is 3. The van der Waals surface area contributed by atoms with E-state index >= 15 is 4.39 Å². The van der Waals surface area contributed by atoms with Gasteiger partial charge in [-0.05, 0) is 63.5 Å². The quantitative estimate of drug-likeness (QED) is 0.471. The van der Waals surface area contributed by atoms with Gasteiger partial charge in [0.2, 0.25) is 0 Å². The van der Waals surface area contributed by atoms with Crippen LogP contribution in [0.3, 0.4) is 0 Å². The lowest BCUT2D eigenvalue weighted by molar-refractivity contribution is 0.134.